The molecule has 1 aliphatic carbocycles. The average Bonchev–Trinajstić information content (AvgIpc) is 2.83. The second-order valence-electron chi connectivity index (χ2n) is 7.02. The quantitative estimate of drug-likeness (QED) is 0.863. The number of piperazine rings is 1. The van der Waals surface area contributed by atoms with E-state index in [1.807, 2.05) is 17.9 Å². The molecule has 1 N–H and O–H groups in total. The number of nitrogens with zero attached hydrogens (tertiary/aromatic N) is 4. The molecule has 1 saturated heterocycles. The summed E-state index contributed by atoms with van der Waals surface area (Å²) in [5.41, 5.74) is 0.991. The first-order chi connectivity index (χ1) is 11.6. The van der Waals surface area contributed by atoms with Gasteiger partial charge in [0.1, 0.15) is 5.82 Å². The predicted octanol–water partition coefficient (Wildman–Crippen LogP) is 2.59. The molecule has 1 aromatic heterocycles. The minimum atomic E-state index is 0.149. The molecule has 1 aliphatic heterocycles. The Morgan fingerprint density at radius 3 is 2.38 bits per heavy atom. The Morgan fingerprint density at radius 1 is 1.08 bits per heavy atom. The first-order valence-electron chi connectivity index (χ1n) is 9.24. The maximum absolute atomic E-state index is 11.5. The summed E-state index contributed by atoms with van der Waals surface area (Å²) in [6.07, 6.45) is 7.79. The molecule has 1 amide bonds. The first-order valence-corrected chi connectivity index (χ1v) is 9.24. The lowest BCUT2D eigenvalue weighted by molar-refractivity contribution is -0.129. The molecule has 3 rings (SSSR count). The Bertz CT molecular complexity index is 561. The Kier molecular flexibility index (Phi) is 5.53. The van der Waals surface area contributed by atoms with Crippen LogP contribution in [-0.2, 0) is 4.79 Å². The minimum absolute atomic E-state index is 0.149. The van der Waals surface area contributed by atoms with Gasteiger partial charge in [-0.1, -0.05) is 25.7 Å². The molecule has 0 radical (unpaired) electrons. The fourth-order valence-corrected chi connectivity index (χ4v) is 3.62. The van der Waals surface area contributed by atoms with Crippen molar-refractivity contribution in [1.82, 2.24) is 14.9 Å². The molecule has 0 spiro atoms. The van der Waals surface area contributed by atoms with Crippen LogP contribution < -0.4 is 10.2 Å². The van der Waals surface area contributed by atoms with Crippen molar-refractivity contribution in [3.63, 3.8) is 0 Å². The van der Waals surface area contributed by atoms with E-state index >= 15 is 0 Å². The number of aryl methyl sites for hydroxylation is 1. The van der Waals surface area contributed by atoms with Crippen LogP contribution in [0.1, 0.15) is 51.1 Å². The Morgan fingerprint density at radius 2 is 1.75 bits per heavy atom. The number of hydrogen-bond acceptors (Lipinski definition) is 5. The maximum Gasteiger partial charge on any atom is 0.227 e. The molecule has 0 atom stereocenters. The van der Waals surface area contributed by atoms with Gasteiger partial charge in [-0.15, -0.1) is 0 Å². The van der Waals surface area contributed by atoms with Crippen molar-refractivity contribution in [2.24, 2.45) is 0 Å². The Hall–Kier alpha value is -1.85. The summed E-state index contributed by atoms with van der Waals surface area (Å²) < 4.78 is 0. The van der Waals surface area contributed by atoms with E-state index in [4.69, 9.17) is 4.98 Å². The van der Waals surface area contributed by atoms with Gasteiger partial charge in [0.2, 0.25) is 11.9 Å². The van der Waals surface area contributed by atoms with E-state index in [2.05, 4.69) is 15.2 Å². The summed E-state index contributed by atoms with van der Waals surface area (Å²) in [5.74, 6) is 1.88. The maximum atomic E-state index is 11.5. The highest BCUT2D eigenvalue weighted by Gasteiger charge is 2.21. The second-order valence-corrected chi connectivity index (χ2v) is 7.02. The van der Waals surface area contributed by atoms with Crippen LogP contribution in [0, 0.1) is 6.92 Å². The first kappa shape index (κ1) is 17.0. The molecular weight excluding hydrogens is 302 g/mol. The number of hydrogen-bond donors (Lipinski definition) is 1. The SMILES string of the molecule is CC(=O)N1CCN(c2nc(C)cc(NC3CCCCCC3)n2)CC1. The van der Waals surface area contributed by atoms with Gasteiger partial charge >= 0.3 is 0 Å². The number of amides is 1. The van der Waals surface area contributed by atoms with Gasteiger partial charge in [0.15, 0.2) is 0 Å². The van der Waals surface area contributed by atoms with E-state index in [1.54, 1.807) is 6.92 Å². The normalized spacial score (nSPS) is 19.9. The highest BCUT2D eigenvalue weighted by atomic mass is 16.2. The van der Waals surface area contributed by atoms with Gasteiger partial charge in [0.25, 0.3) is 0 Å². The zero-order valence-electron chi connectivity index (χ0n) is 14.9. The molecular formula is C18H29N5O. The van der Waals surface area contributed by atoms with Crippen LogP contribution in [0.15, 0.2) is 6.07 Å². The monoisotopic (exact) mass is 331 g/mol. The summed E-state index contributed by atoms with van der Waals surface area (Å²) in [4.78, 5) is 24.9. The number of anilines is 2. The molecule has 6 nitrogen and oxygen atoms in total. The van der Waals surface area contributed by atoms with E-state index in [1.165, 1.54) is 38.5 Å². The lowest BCUT2D eigenvalue weighted by atomic mass is 10.1. The Balaban J connectivity index is 1.66. The van der Waals surface area contributed by atoms with Crippen LogP contribution >= 0.6 is 0 Å². The highest BCUT2D eigenvalue weighted by Crippen LogP contribution is 2.22. The fourth-order valence-electron chi connectivity index (χ4n) is 3.62. The van der Waals surface area contributed by atoms with Crippen molar-refractivity contribution < 1.29 is 4.79 Å². The lowest BCUT2D eigenvalue weighted by Crippen LogP contribution is -2.48. The standard InChI is InChI=1S/C18H29N5O/c1-14-13-17(20-16-7-5-3-4-6-8-16)21-18(19-14)23-11-9-22(10-12-23)15(2)24/h13,16H,3-12H2,1-2H3,(H,19,20,21). The van der Waals surface area contributed by atoms with Crippen LogP contribution in [0.4, 0.5) is 11.8 Å². The summed E-state index contributed by atoms with van der Waals surface area (Å²) >= 11 is 0. The minimum Gasteiger partial charge on any atom is -0.367 e. The smallest absolute Gasteiger partial charge is 0.227 e. The van der Waals surface area contributed by atoms with Gasteiger partial charge < -0.3 is 15.1 Å². The van der Waals surface area contributed by atoms with Crippen molar-refractivity contribution in [2.75, 3.05) is 36.4 Å². The van der Waals surface area contributed by atoms with Crippen molar-refractivity contribution in [1.29, 1.82) is 0 Å². The molecule has 1 aromatic rings. The fraction of sp³-hybridized carbons (Fsp3) is 0.722. The Labute approximate surface area is 144 Å². The number of carbonyl (C=O) groups excluding carboxylic acids is 1. The van der Waals surface area contributed by atoms with Crippen LogP contribution in [0.3, 0.4) is 0 Å². The molecule has 2 fully saturated rings. The zero-order valence-corrected chi connectivity index (χ0v) is 14.9. The summed E-state index contributed by atoms with van der Waals surface area (Å²) in [7, 11) is 0. The second kappa shape index (κ2) is 7.81. The number of rotatable bonds is 3. The van der Waals surface area contributed by atoms with Crippen LogP contribution in [0.5, 0.6) is 0 Å². The number of nitrogens with one attached hydrogen (secondary N) is 1. The summed E-state index contributed by atoms with van der Waals surface area (Å²) in [6.45, 7) is 6.75. The van der Waals surface area contributed by atoms with E-state index in [0.29, 0.717) is 6.04 Å². The van der Waals surface area contributed by atoms with Crippen LogP contribution in [0.25, 0.3) is 0 Å². The molecule has 1 saturated carbocycles. The van der Waals surface area contributed by atoms with Crippen molar-refractivity contribution >= 4 is 17.7 Å². The molecule has 2 heterocycles. The third-order valence-electron chi connectivity index (χ3n) is 5.06. The van der Waals surface area contributed by atoms with E-state index in [0.717, 1.165) is 43.6 Å². The lowest BCUT2D eigenvalue weighted by Gasteiger charge is -2.34. The largest absolute Gasteiger partial charge is 0.367 e. The van der Waals surface area contributed by atoms with Gasteiger partial charge in [-0.25, -0.2) is 4.98 Å². The van der Waals surface area contributed by atoms with E-state index in [9.17, 15) is 4.79 Å². The molecule has 24 heavy (non-hydrogen) atoms. The highest BCUT2D eigenvalue weighted by molar-refractivity contribution is 5.73. The molecule has 2 aliphatic rings. The van der Waals surface area contributed by atoms with Gasteiger partial charge in [-0.2, -0.15) is 4.98 Å². The van der Waals surface area contributed by atoms with Gasteiger partial charge in [-0.3, -0.25) is 4.79 Å². The van der Waals surface area contributed by atoms with Crippen LogP contribution in [0.2, 0.25) is 0 Å². The summed E-state index contributed by atoms with van der Waals surface area (Å²) in [6, 6.07) is 2.57. The number of carbonyl (C=O) groups is 1. The van der Waals surface area contributed by atoms with Crippen molar-refractivity contribution in [3.05, 3.63) is 11.8 Å². The van der Waals surface area contributed by atoms with Crippen molar-refractivity contribution in [2.45, 2.75) is 58.4 Å². The average molecular weight is 331 g/mol. The van der Waals surface area contributed by atoms with Gasteiger partial charge in [-0.05, 0) is 19.8 Å². The molecule has 0 bridgehead atoms. The predicted molar refractivity (Wildman–Crippen MR) is 96.3 cm³/mol. The third-order valence-corrected chi connectivity index (χ3v) is 5.06. The molecule has 0 unspecified atom stereocenters. The summed E-state index contributed by atoms with van der Waals surface area (Å²) in [5, 5.41) is 3.63. The molecule has 6 heteroatoms. The van der Waals surface area contributed by atoms with Crippen LogP contribution in [-0.4, -0.2) is 53.0 Å². The van der Waals surface area contributed by atoms with Crippen molar-refractivity contribution in [3.8, 4) is 0 Å². The van der Waals surface area contributed by atoms with E-state index in [-0.39, 0.29) is 5.91 Å². The molecule has 132 valence electrons. The molecule has 0 aromatic carbocycles. The number of aromatic nitrogens is 2. The van der Waals surface area contributed by atoms with Gasteiger partial charge in [0.05, 0.1) is 0 Å². The third kappa shape index (κ3) is 4.36. The van der Waals surface area contributed by atoms with Gasteiger partial charge in [0, 0.05) is 50.9 Å². The topological polar surface area (TPSA) is 61.4 Å². The zero-order chi connectivity index (χ0) is 16.9. The van der Waals surface area contributed by atoms with E-state index < -0.39 is 0 Å².